The third-order valence-electron chi connectivity index (χ3n) is 3.80. The highest BCUT2D eigenvalue weighted by Crippen LogP contribution is 2.08. The van der Waals surface area contributed by atoms with Gasteiger partial charge in [0.25, 0.3) is 0 Å². The van der Waals surface area contributed by atoms with Gasteiger partial charge < -0.3 is 15.4 Å². The Kier molecular flexibility index (Phi) is 9.57. The molecule has 8 heteroatoms. The highest BCUT2D eigenvalue weighted by Gasteiger charge is 2.16. The Hall–Kier alpha value is -1.68. The lowest BCUT2D eigenvalue weighted by atomic mass is 10.1. The van der Waals surface area contributed by atoms with Crippen molar-refractivity contribution in [2.75, 3.05) is 20.2 Å². The van der Waals surface area contributed by atoms with Crippen LogP contribution < -0.4 is 10.6 Å². The molecule has 0 saturated heterocycles. The highest BCUT2D eigenvalue weighted by molar-refractivity contribution is 14.0. The lowest BCUT2D eigenvalue weighted by Crippen LogP contribution is -2.45. The summed E-state index contributed by atoms with van der Waals surface area (Å²) >= 11 is 0. The lowest BCUT2D eigenvalue weighted by molar-refractivity contribution is 0.0268. The van der Waals surface area contributed by atoms with Crippen LogP contribution in [0.25, 0.3) is 0 Å². The van der Waals surface area contributed by atoms with E-state index in [1.165, 1.54) is 5.56 Å². The smallest absolute Gasteiger partial charge is 0.191 e. The topological polar surface area (TPSA) is 76.4 Å². The first-order valence-corrected chi connectivity index (χ1v) is 8.50. The van der Waals surface area contributed by atoms with Gasteiger partial charge in [-0.05, 0) is 31.9 Å². The van der Waals surface area contributed by atoms with Crippen LogP contribution in [0.1, 0.15) is 31.9 Å². The number of aromatic nitrogens is 3. The molecular weight excluding hydrogens is 443 g/mol. The minimum Gasteiger partial charge on any atom is -0.377 e. The number of rotatable bonds is 8. The van der Waals surface area contributed by atoms with Crippen LogP contribution in [0.15, 0.2) is 41.9 Å². The van der Waals surface area contributed by atoms with E-state index >= 15 is 0 Å². The van der Waals surface area contributed by atoms with Crippen LogP contribution in [0.4, 0.5) is 0 Å². The third-order valence-corrected chi connectivity index (χ3v) is 3.80. The number of hydrogen-bond acceptors (Lipinski definition) is 4. The molecule has 26 heavy (non-hydrogen) atoms. The third kappa shape index (κ3) is 7.69. The first-order valence-electron chi connectivity index (χ1n) is 8.50. The number of ether oxygens (including phenoxy) is 1. The molecule has 1 aromatic carbocycles. The van der Waals surface area contributed by atoms with Crippen LogP contribution in [-0.4, -0.2) is 46.5 Å². The quantitative estimate of drug-likeness (QED) is 0.351. The second-order valence-electron chi connectivity index (χ2n) is 6.43. The summed E-state index contributed by atoms with van der Waals surface area (Å²) in [6.07, 6.45) is 3.26. The highest BCUT2D eigenvalue weighted by atomic mass is 127. The van der Waals surface area contributed by atoms with Crippen molar-refractivity contribution in [1.29, 1.82) is 0 Å². The predicted molar refractivity (Wildman–Crippen MR) is 115 cm³/mol. The number of nitrogens with zero attached hydrogens (tertiary/aromatic N) is 4. The van der Waals surface area contributed by atoms with E-state index in [4.69, 9.17) is 4.74 Å². The average Bonchev–Trinajstić information content (AvgIpc) is 3.11. The van der Waals surface area contributed by atoms with Crippen LogP contribution >= 0.6 is 24.0 Å². The zero-order valence-corrected chi connectivity index (χ0v) is 18.2. The molecule has 0 atom stereocenters. The molecule has 7 nitrogen and oxygen atoms in total. The number of halogens is 1. The largest absolute Gasteiger partial charge is 0.377 e. The van der Waals surface area contributed by atoms with Crippen molar-refractivity contribution in [3.05, 3.63) is 48.0 Å². The van der Waals surface area contributed by atoms with Crippen molar-refractivity contribution < 1.29 is 4.74 Å². The molecule has 1 heterocycles. The molecule has 0 spiro atoms. The van der Waals surface area contributed by atoms with Gasteiger partial charge in [-0.3, -0.25) is 0 Å². The fourth-order valence-corrected chi connectivity index (χ4v) is 2.21. The maximum atomic E-state index is 5.44. The van der Waals surface area contributed by atoms with Gasteiger partial charge in [0.2, 0.25) is 0 Å². The van der Waals surface area contributed by atoms with Crippen molar-refractivity contribution in [3.63, 3.8) is 0 Å². The predicted octanol–water partition coefficient (Wildman–Crippen LogP) is 2.42. The number of aliphatic imine (C=N–C) groups is 1. The van der Waals surface area contributed by atoms with Gasteiger partial charge in [0.05, 0.1) is 18.7 Å². The molecule has 0 fully saturated rings. The summed E-state index contributed by atoms with van der Waals surface area (Å²) in [5.41, 5.74) is 2.09. The summed E-state index contributed by atoms with van der Waals surface area (Å²) in [7, 11) is 1.71. The van der Waals surface area contributed by atoms with Crippen LogP contribution in [0.3, 0.4) is 0 Å². The summed E-state index contributed by atoms with van der Waals surface area (Å²) in [4.78, 5) is 8.63. The average molecular weight is 472 g/mol. The maximum absolute atomic E-state index is 5.44. The maximum Gasteiger partial charge on any atom is 0.191 e. The zero-order valence-electron chi connectivity index (χ0n) is 15.9. The van der Waals surface area contributed by atoms with E-state index in [1.54, 1.807) is 24.4 Å². The van der Waals surface area contributed by atoms with Crippen LogP contribution in [0.2, 0.25) is 0 Å². The minimum absolute atomic E-state index is 0. The molecule has 0 bridgehead atoms. The standard InChI is InChI=1S/C18H28N6O.HI/c1-5-20-17(22-12-18(2,3)25-4)21-10-15-7-6-8-16(9-15)11-24-14-19-13-23-24;/h6-9,13-14H,5,10-12H2,1-4H3,(H2,20,21,22);1H. The first kappa shape index (κ1) is 22.4. The van der Waals surface area contributed by atoms with Crippen molar-refractivity contribution in [2.24, 2.45) is 4.99 Å². The van der Waals surface area contributed by atoms with Crippen molar-refractivity contribution in [1.82, 2.24) is 25.4 Å². The molecule has 0 aliphatic heterocycles. The van der Waals surface area contributed by atoms with E-state index in [0.717, 1.165) is 18.1 Å². The van der Waals surface area contributed by atoms with E-state index < -0.39 is 0 Å². The van der Waals surface area contributed by atoms with Gasteiger partial charge in [0, 0.05) is 20.2 Å². The second kappa shape index (κ2) is 11.1. The van der Waals surface area contributed by atoms with Crippen molar-refractivity contribution >= 4 is 29.9 Å². The Morgan fingerprint density at radius 2 is 2.04 bits per heavy atom. The Morgan fingerprint density at radius 1 is 1.27 bits per heavy atom. The molecule has 0 radical (unpaired) electrons. The summed E-state index contributed by atoms with van der Waals surface area (Å²) < 4.78 is 7.24. The van der Waals surface area contributed by atoms with E-state index in [9.17, 15) is 0 Å². The lowest BCUT2D eigenvalue weighted by Gasteiger charge is -2.24. The van der Waals surface area contributed by atoms with Crippen LogP contribution in [0.5, 0.6) is 0 Å². The number of benzene rings is 1. The second-order valence-corrected chi connectivity index (χ2v) is 6.43. The van der Waals surface area contributed by atoms with Gasteiger partial charge in [0.15, 0.2) is 5.96 Å². The number of hydrogen-bond donors (Lipinski definition) is 2. The molecule has 0 unspecified atom stereocenters. The van der Waals surface area contributed by atoms with E-state index in [1.807, 2.05) is 19.9 Å². The van der Waals surface area contributed by atoms with Crippen LogP contribution in [0, 0.1) is 0 Å². The number of methoxy groups -OCH3 is 1. The fraction of sp³-hybridized carbons (Fsp3) is 0.500. The van der Waals surface area contributed by atoms with E-state index in [2.05, 4.69) is 50.8 Å². The summed E-state index contributed by atoms with van der Waals surface area (Å²) in [6.45, 7) is 8.94. The van der Waals surface area contributed by atoms with Gasteiger partial charge in [-0.15, -0.1) is 24.0 Å². The van der Waals surface area contributed by atoms with Gasteiger partial charge in [-0.2, -0.15) is 5.10 Å². The minimum atomic E-state index is -0.242. The normalized spacial score (nSPS) is 11.8. The first-order chi connectivity index (χ1) is 12.0. The molecule has 0 amide bonds. The molecule has 2 rings (SSSR count). The fourth-order valence-electron chi connectivity index (χ4n) is 2.21. The Balaban J connectivity index is 0.00000338. The molecular formula is C18H29IN6O. The molecule has 0 aliphatic rings. The molecule has 2 aromatic rings. The van der Waals surface area contributed by atoms with Gasteiger partial charge >= 0.3 is 0 Å². The van der Waals surface area contributed by atoms with Crippen LogP contribution in [-0.2, 0) is 17.8 Å². The van der Waals surface area contributed by atoms with Crippen molar-refractivity contribution in [3.8, 4) is 0 Å². The van der Waals surface area contributed by atoms with E-state index in [0.29, 0.717) is 19.6 Å². The van der Waals surface area contributed by atoms with Gasteiger partial charge in [-0.1, -0.05) is 24.3 Å². The summed E-state index contributed by atoms with van der Waals surface area (Å²) in [6, 6.07) is 8.36. The Bertz CT molecular complexity index is 672. The van der Waals surface area contributed by atoms with Crippen molar-refractivity contribution in [2.45, 2.75) is 39.5 Å². The number of nitrogens with one attached hydrogen (secondary N) is 2. The molecule has 0 saturated carbocycles. The molecule has 1 aromatic heterocycles. The molecule has 2 N–H and O–H groups in total. The SMILES string of the molecule is CCNC(=NCc1cccc(Cn2cncn2)c1)NCC(C)(C)OC.I. The molecule has 144 valence electrons. The van der Waals surface area contributed by atoms with E-state index in [-0.39, 0.29) is 29.6 Å². The van der Waals surface area contributed by atoms with Gasteiger partial charge in [0.1, 0.15) is 12.7 Å². The number of guanidine groups is 1. The Labute approximate surface area is 172 Å². The van der Waals surface area contributed by atoms with Gasteiger partial charge in [-0.25, -0.2) is 14.7 Å². The molecule has 0 aliphatic carbocycles. The monoisotopic (exact) mass is 472 g/mol. The zero-order chi connectivity index (χ0) is 18.1. The summed E-state index contributed by atoms with van der Waals surface area (Å²) in [5.74, 6) is 0.786. The Morgan fingerprint density at radius 3 is 2.69 bits per heavy atom. The summed E-state index contributed by atoms with van der Waals surface area (Å²) in [5, 5.41) is 10.7.